The van der Waals surface area contributed by atoms with Crippen molar-refractivity contribution < 1.29 is 0 Å². The molecule has 5 heteroatoms. The van der Waals surface area contributed by atoms with Gasteiger partial charge in [0.15, 0.2) is 5.82 Å². The molecule has 4 N–H and O–H groups in total. The topological polar surface area (TPSA) is 82.8 Å². The highest BCUT2D eigenvalue weighted by Crippen LogP contribution is 2.10. The number of aryl methyl sites for hydroxylation is 1. The van der Waals surface area contributed by atoms with Crippen LogP contribution in [0.1, 0.15) is 18.1 Å². The lowest BCUT2D eigenvalue weighted by Gasteiger charge is -2.17. The zero-order valence-electron chi connectivity index (χ0n) is 6.90. The molecule has 0 fully saturated rings. The van der Waals surface area contributed by atoms with Crippen LogP contribution in [0, 0.1) is 0 Å². The first-order valence-electron chi connectivity index (χ1n) is 4.18. The maximum absolute atomic E-state index is 5.78. The summed E-state index contributed by atoms with van der Waals surface area (Å²) in [6.07, 6.45) is 1.93. The van der Waals surface area contributed by atoms with Gasteiger partial charge in [0.05, 0.1) is 13.1 Å². The normalized spacial score (nSPS) is 22.3. The van der Waals surface area contributed by atoms with Crippen LogP contribution in [0.4, 0.5) is 0 Å². The lowest BCUT2D eigenvalue weighted by molar-refractivity contribution is 0.421. The maximum atomic E-state index is 5.78. The van der Waals surface area contributed by atoms with E-state index in [4.69, 9.17) is 11.5 Å². The van der Waals surface area contributed by atoms with Gasteiger partial charge in [0.25, 0.3) is 0 Å². The molecule has 0 spiro atoms. The number of rotatable bonds is 1. The second-order valence-electron chi connectivity index (χ2n) is 3.13. The van der Waals surface area contributed by atoms with Crippen molar-refractivity contribution in [2.24, 2.45) is 11.5 Å². The molecule has 2 heterocycles. The zero-order valence-corrected chi connectivity index (χ0v) is 6.90. The molecule has 1 atom stereocenters. The summed E-state index contributed by atoms with van der Waals surface area (Å²) in [6.45, 7) is 1.19. The zero-order chi connectivity index (χ0) is 8.55. The van der Waals surface area contributed by atoms with E-state index in [1.165, 1.54) is 0 Å². The van der Waals surface area contributed by atoms with Crippen LogP contribution in [0.15, 0.2) is 0 Å². The Kier molecular flexibility index (Phi) is 1.82. The van der Waals surface area contributed by atoms with Crippen LogP contribution in [0.2, 0.25) is 0 Å². The van der Waals surface area contributed by atoms with Crippen LogP contribution in [-0.4, -0.2) is 20.8 Å². The first kappa shape index (κ1) is 7.70. The Bertz CT molecular complexity index is 279. The fourth-order valence-electron chi connectivity index (χ4n) is 1.47. The van der Waals surface area contributed by atoms with Crippen molar-refractivity contribution in [1.29, 1.82) is 0 Å². The van der Waals surface area contributed by atoms with E-state index in [2.05, 4.69) is 10.1 Å². The Morgan fingerprint density at radius 3 is 3.17 bits per heavy atom. The van der Waals surface area contributed by atoms with Gasteiger partial charge in [-0.25, -0.2) is 9.67 Å². The highest BCUT2D eigenvalue weighted by atomic mass is 15.4. The molecule has 0 bridgehead atoms. The predicted octanol–water partition coefficient (Wildman–Crippen LogP) is -0.990. The third-order valence-corrected chi connectivity index (χ3v) is 2.12. The van der Waals surface area contributed by atoms with Crippen molar-refractivity contribution in [1.82, 2.24) is 14.8 Å². The molecule has 66 valence electrons. The van der Waals surface area contributed by atoms with Gasteiger partial charge >= 0.3 is 0 Å². The Morgan fingerprint density at radius 2 is 2.42 bits per heavy atom. The summed E-state index contributed by atoms with van der Waals surface area (Å²) in [5, 5.41) is 4.22. The van der Waals surface area contributed by atoms with Crippen LogP contribution in [0.5, 0.6) is 0 Å². The summed E-state index contributed by atoms with van der Waals surface area (Å²) in [5.74, 6) is 1.75. The Morgan fingerprint density at radius 1 is 1.58 bits per heavy atom. The second-order valence-corrected chi connectivity index (χ2v) is 3.13. The quantitative estimate of drug-likeness (QED) is 0.562. The van der Waals surface area contributed by atoms with E-state index in [1.54, 1.807) is 0 Å². The van der Waals surface area contributed by atoms with E-state index >= 15 is 0 Å². The van der Waals surface area contributed by atoms with Gasteiger partial charge in [-0.05, 0) is 6.42 Å². The highest BCUT2D eigenvalue weighted by Gasteiger charge is 2.17. The largest absolute Gasteiger partial charge is 0.326 e. The minimum atomic E-state index is 0.227. The monoisotopic (exact) mass is 167 g/mol. The van der Waals surface area contributed by atoms with Crippen molar-refractivity contribution in [3.8, 4) is 0 Å². The standard InChI is InChI=1S/C7H13N5/c8-3-6-10-7-2-1-5(9)4-12(7)11-6/h5H,1-4,8-9H2. The van der Waals surface area contributed by atoms with Gasteiger partial charge in [-0.1, -0.05) is 0 Å². The smallest absolute Gasteiger partial charge is 0.164 e. The molecule has 0 aromatic carbocycles. The molecule has 0 saturated heterocycles. The van der Waals surface area contributed by atoms with Gasteiger partial charge in [-0.3, -0.25) is 0 Å². The average Bonchev–Trinajstić information content (AvgIpc) is 2.46. The van der Waals surface area contributed by atoms with Crippen molar-refractivity contribution in [3.63, 3.8) is 0 Å². The van der Waals surface area contributed by atoms with Crippen molar-refractivity contribution in [3.05, 3.63) is 11.6 Å². The number of aromatic nitrogens is 3. The first-order chi connectivity index (χ1) is 5.79. The number of hydrogen-bond donors (Lipinski definition) is 2. The molecule has 1 aliphatic heterocycles. The highest BCUT2D eigenvalue weighted by molar-refractivity contribution is 4.97. The van der Waals surface area contributed by atoms with E-state index in [9.17, 15) is 0 Å². The van der Waals surface area contributed by atoms with Crippen LogP contribution in [0.3, 0.4) is 0 Å². The van der Waals surface area contributed by atoms with Gasteiger partial charge in [0.1, 0.15) is 5.82 Å². The molecule has 1 aromatic heterocycles. The summed E-state index contributed by atoms with van der Waals surface area (Å²) < 4.78 is 1.87. The summed E-state index contributed by atoms with van der Waals surface area (Å²) in [6, 6.07) is 0.227. The summed E-state index contributed by atoms with van der Waals surface area (Å²) in [7, 11) is 0. The number of fused-ring (bicyclic) bond motifs is 1. The van der Waals surface area contributed by atoms with E-state index in [1.807, 2.05) is 4.68 Å². The fourth-order valence-corrected chi connectivity index (χ4v) is 1.47. The Hall–Kier alpha value is -0.940. The van der Waals surface area contributed by atoms with Crippen molar-refractivity contribution in [2.75, 3.05) is 0 Å². The molecule has 2 rings (SSSR count). The van der Waals surface area contributed by atoms with Crippen molar-refractivity contribution in [2.45, 2.75) is 32.0 Å². The third-order valence-electron chi connectivity index (χ3n) is 2.12. The minimum Gasteiger partial charge on any atom is -0.326 e. The summed E-state index contributed by atoms with van der Waals surface area (Å²) in [5.41, 5.74) is 11.2. The molecular formula is C7H13N5. The first-order valence-corrected chi connectivity index (χ1v) is 4.18. The van der Waals surface area contributed by atoms with E-state index in [0.29, 0.717) is 6.54 Å². The van der Waals surface area contributed by atoms with Crippen LogP contribution < -0.4 is 11.5 Å². The lowest BCUT2D eigenvalue weighted by Crippen LogP contribution is -2.32. The molecule has 0 radical (unpaired) electrons. The van der Waals surface area contributed by atoms with E-state index < -0.39 is 0 Å². The molecule has 1 aliphatic rings. The minimum absolute atomic E-state index is 0.227. The average molecular weight is 167 g/mol. The third kappa shape index (κ3) is 1.21. The lowest BCUT2D eigenvalue weighted by atomic mass is 10.1. The molecule has 12 heavy (non-hydrogen) atoms. The SMILES string of the molecule is NCc1nc2n(n1)CC(N)CC2. The van der Waals surface area contributed by atoms with Gasteiger partial charge in [-0.2, -0.15) is 5.10 Å². The molecule has 1 unspecified atom stereocenters. The Balaban J connectivity index is 2.28. The number of hydrogen-bond acceptors (Lipinski definition) is 4. The number of nitrogens with two attached hydrogens (primary N) is 2. The molecule has 5 nitrogen and oxygen atoms in total. The fraction of sp³-hybridized carbons (Fsp3) is 0.714. The van der Waals surface area contributed by atoms with Crippen LogP contribution in [-0.2, 0) is 19.5 Å². The number of nitrogens with zero attached hydrogens (tertiary/aromatic N) is 3. The molecular weight excluding hydrogens is 154 g/mol. The molecule has 1 aromatic rings. The van der Waals surface area contributed by atoms with E-state index in [0.717, 1.165) is 31.0 Å². The molecule has 0 amide bonds. The van der Waals surface area contributed by atoms with Crippen LogP contribution >= 0.6 is 0 Å². The second kappa shape index (κ2) is 2.84. The summed E-state index contributed by atoms with van der Waals surface area (Å²) in [4.78, 5) is 4.28. The van der Waals surface area contributed by atoms with E-state index in [-0.39, 0.29) is 6.04 Å². The Labute approximate surface area is 70.8 Å². The van der Waals surface area contributed by atoms with Crippen molar-refractivity contribution >= 4 is 0 Å². The molecule has 0 aliphatic carbocycles. The van der Waals surface area contributed by atoms with Crippen LogP contribution in [0.25, 0.3) is 0 Å². The van der Waals surface area contributed by atoms with Gasteiger partial charge < -0.3 is 11.5 Å². The predicted molar refractivity (Wildman–Crippen MR) is 44.2 cm³/mol. The van der Waals surface area contributed by atoms with Gasteiger partial charge in [0.2, 0.25) is 0 Å². The summed E-state index contributed by atoms with van der Waals surface area (Å²) >= 11 is 0. The van der Waals surface area contributed by atoms with Gasteiger partial charge in [-0.15, -0.1) is 0 Å². The maximum Gasteiger partial charge on any atom is 0.164 e. The molecule has 0 saturated carbocycles. The van der Waals surface area contributed by atoms with Gasteiger partial charge in [0, 0.05) is 12.5 Å².